The van der Waals surface area contributed by atoms with Crippen molar-refractivity contribution in [3.05, 3.63) is 29.8 Å². The summed E-state index contributed by atoms with van der Waals surface area (Å²) >= 11 is 0. The molecule has 7 heteroatoms. The van der Waals surface area contributed by atoms with Crippen LogP contribution in [-0.2, 0) is 14.3 Å². The van der Waals surface area contributed by atoms with Crippen LogP contribution in [-0.4, -0.2) is 42.0 Å². The molecule has 0 unspecified atom stereocenters. The van der Waals surface area contributed by atoms with Gasteiger partial charge in [0.05, 0.1) is 36.9 Å². The van der Waals surface area contributed by atoms with Crippen molar-refractivity contribution in [1.82, 2.24) is 5.43 Å². The first kappa shape index (κ1) is 17.4. The van der Waals surface area contributed by atoms with Gasteiger partial charge in [0.2, 0.25) is 5.91 Å². The monoisotopic (exact) mass is 346 g/mol. The highest BCUT2D eigenvalue weighted by atomic mass is 16.5. The topological polar surface area (TPSA) is 97.2 Å². The number of benzene rings is 1. The van der Waals surface area contributed by atoms with Crippen LogP contribution in [0.25, 0.3) is 0 Å². The fraction of sp³-hybridized carbons (Fsp3) is 0.500. The summed E-state index contributed by atoms with van der Waals surface area (Å²) in [5.41, 5.74) is 2.44. The molecule has 0 bridgehead atoms. The zero-order valence-electron chi connectivity index (χ0n) is 14.5. The van der Waals surface area contributed by atoms with E-state index in [4.69, 9.17) is 9.47 Å². The number of ether oxygens (including phenoxy) is 2. The van der Waals surface area contributed by atoms with Crippen LogP contribution in [0.4, 0.5) is 0 Å². The second-order valence-electron chi connectivity index (χ2n) is 6.62. The highest BCUT2D eigenvalue weighted by Crippen LogP contribution is 2.47. The van der Waals surface area contributed by atoms with E-state index in [-0.39, 0.29) is 18.9 Å². The van der Waals surface area contributed by atoms with Crippen molar-refractivity contribution in [3.63, 3.8) is 0 Å². The van der Waals surface area contributed by atoms with E-state index in [0.29, 0.717) is 11.5 Å². The zero-order chi connectivity index (χ0) is 18.2. The second kappa shape index (κ2) is 6.48. The summed E-state index contributed by atoms with van der Waals surface area (Å²) < 4.78 is 10.4. The Morgan fingerprint density at radius 2 is 2.08 bits per heavy atom. The van der Waals surface area contributed by atoms with Crippen molar-refractivity contribution in [1.29, 1.82) is 0 Å². The Morgan fingerprint density at radius 1 is 1.40 bits per heavy atom. The average molecular weight is 346 g/mol. The third kappa shape index (κ3) is 3.00. The molecule has 0 aromatic heterocycles. The Hall–Kier alpha value is -2.41. The molecule has 3 rings (SSSR count). The Kier molecular flexibility index (Phi) is 4.51. The van der Waals surface area contributed by atoms with Crippen LogP contribution < -0.4 is 10.2 Å². The lowest BCUT2D eigenvalue weighted by Crippen LogP contribution is -2.54. The van der Waals surface area contributed by atoms with Crippen LogP contribution in [0.2, 0.25) is 0 Å². The largest absolute Gasteiger partial charge is 0.497 e. The Morgan fingerprint density at radius 3 is 2.68 bits per heavy atom. The average Bonchev–Trinajstić information content (AvgIpc) is 2.93. The lowest BCUT2D eigenvalue weighted by molar-refractivity contribution is -0.160. The van der Waals surface area contributed by atoms with E-state index in [1.54, 1.807) is 45.2 Å². The molecule has 134 valence electrons. The van der Waals surface area contributed by atoms with E-state index in [1.807, 2.05) is 0 Å². The molecular formula is C18H22N2O5. The predicted molar refractivity (Wildman–Crippen MR) is 90.2 cm³/mol. The van der Waals surface area contributed by atoms with Gasteiger partial charge in [-0.15, -0.1) is 0 Å². The summed E-state index contributed by atoms with van der Waals surface area (Å²) in [7, 11) is 1.57. The summed E-state index contributed by atoms with van der Waals surface area (Å²) in [6.07, 6.45) is 0.145. The van der Waals surface area contributed by atoms with Crippen molar-refractivity contribution in [2.24, 2.45) is 16.9 Å². The third-order valence-electron chi connectivity index (χ3n) is 4.92. The first-order chi connectivity index (χ1) is 11.9. The van der Waals surface area contributed by atoms with Crippen LogP contribution in [0.5, 0.6) is 5.75 Å². The maximum absolute atomic E-state index is 12.6. The molecule has 1 aromatic rings. The highest BCUT2D eigenvalue weighted by Gasteiger charge is 2.57. The number of hydrogen-bond donors (Lipinski definition) is 2. The minimum atomic E-state index is -1.36. The second-order valence-corrected chi connectivity index (χ2v) is 6.62. The van der Waals surface area contributed by atoms with Crippen molar-refractivity contribution in [3.8, 4) is 5.75 Å². The molecule has 1 fully saturated rings. The van der Waals surface area contributed by atoms with Gasteiger partial charge in [0.1, 0.15) is 5.75 Å². The van der Waals surface area contributed by atoms with Gasteiger partial charge in [-0.2, -0.15) is 5.10 Å². The molecule has 1 amide bonds. The molecule has 0 radical (unpaired) electrons. The number of nitrogens with zero attached hydrogens (tertiary/aromatic N) is 1. The van der Waals surface area contributed by atoms with E-state index >= 15 is 0 Å². The number of hydrazone groups is 1. The molecule has 1 heterocycles. The van der Waals surface area contributed by atoms with Gasteiger partial charge in [-0.3, -0.25) is 9.59 Å². The van der Waals surface area contributed by atoms with E-state index in [9.17, 15) is 14.7 Å². The summed E-state index contributed by atoms with van der Waals surface area (Å²) in [5, 5.41) is 15.0. The van der Waals surface area contributed by atoms with Crippen molar-refractivity contribution in [2.75, 3.05) is 13.7 Å². The van der Waals surface area contributed by atoms with Gasteiger partial charge in [-0.05, 0) is 31.5 Å². The molecule has 4 atom stereocenters. The van der Waals surface area contributed by atoms with Gasteiger partial charge in [0.15, 0.2) is 0 Å². The number of hydrogen-bond acceptors (Lipinski definition) is 6. The van der Waals surface area contributed by atoms with Crippen LogP contribution in [0.1, 0.15) is 31.7 Å². The fourth-order valence-corrected chi connectivity index (χ4v) is 3.84. The Balaban J connectivity index is 2.09. The van der Waals surface area contributed by atoms with Crippen LogP contribution in [0.3, 0.4) is 0 Å². The molecule has 7 nitrogen and oxygen atoms in total. The highest BCUT2D eigenvalue weighted by molar-refractivity contribution is 6.10. The molecule has 2 N–H and O–H groups in total. The summed E-state index contributed by atoms with van der Waals surface area (Å²) in [6.45, 7) is 3.51. The summed E-state index contributed by atoms with van der Waals surface area (Å²) in [4.78, 5) is 25.0. The molecular weight excluding hydrogens is 324 g/mol. The number of carbonyl (C=O) groups excluding carboxylic acids is 2. The van der Waals surface area contributed by atoms with Crippen molar-refractivity contribution < 1.29 is 24.2 Å². The maximum Gasteiger partial charge on any atom is 0.312 e. The van der Waals surface area contributed by atoms with Gasteiger partial charge in [0, 0.05) is 12.3 Å². The molecule has 1 aliphatic heterocycles. The minimum Gasteiger partial charge on any atom is -0.497 e. The van der Waals surface area contributed by atoms with Gasteiger partial charge in [-0.25, -0.2) is 5.43 Å². The summed E-state index contributed by atoms with van der Waals surface area (Å²) in [5.74, 6) is -2.12. The molecule has 0 saturated heterocycles. The lowest BCUT2D eigenvalue weighted by atomic mass is 9.61. The van der Waals surface area contributed by atoms with Gasteiger partial charge >= 0.3 is 5.97 Å². The molecule has 1 aliphatic carbocycles. The number of fused-ring (bicyclic) bond motifs is 1. The normalized spacial score (nSPS) is 31.0. The molecule has 2 aliphatic rings. The molecule has 1 saturated carbocycles. The van der Waals surface area contributed by atoms with E-state index < -0.39 is 29.3 Å². The van der Waals surface area contributed by atoms with Gasteiger partial charge < -0.3 is 14.6 Å². The number of methoxy groups -OCH3 is 1. The van der Waals surface area contributed by atoms with Crippen LogP contribution in [0, 0.1) is 11.8 Å². The van der Waals surface area contributed by atoms with Crippen molar-refractivity contribution in [2.45, 2.75) is 31.8 Å². The SMILES string of the molecule is CCOC(=O)[C@@H]1[C@H](c2ccc(OC)cc2)[C@@H]2C(=O)NN=C2C[C@@]1(C)O. The number of aliphatic hydroxyl groups is 1. The Labute approximate surface area is 146 Å². The first-order valence-electron chi connectivity index (χ1n) is 8.28. The number of esters is 1. The zero-order valence-corrected chi connectivity index (χ0v) is 14.5. The van der Waals surface area contributed by atoms with Crippen molar-refractivity contribution >= 4 is 17.6 Å². The lowest BCUT2D eigenvalue weighted by Gasteiger charge is -2.43. The molecule has 1 aromatic carbocycles. The van der Waals surface area contributed by atoms with Gasteiger partial charge in [-0.1, -0.05) is 12.1 Å². The smallest absolute Gasteiger partial charge is 0.312 e. The third-order valence-corrected chi connectivity index (χ3v) is 4.92. The van der Waals surface area contributed by atoms with E-state index in [0.717, 1.165) is 5.56 Å². The number of amides is 1. The van der Waals surface area contributed by atoms with Gasteiger partial charge in [0.25, 0.3) is 0 Å². The number of rotatable bonds is 4. The van der Waals surface area contributed by atoms with Crippen LogP contribution in [0.15, 0.2) is 29.4 Å². The van der Waals surface area contributed by atoms with E-state index in [1.165, 1.54) is 0 Å². The first-order valence-corrected chi connectivity index (χ1v) is 8.28. The molecule has 0 spiro atoms. The summed E-state index contributed by atoms with van der Waals surface area (Å²) in [6, 6.07) is 7.15. The predicted octanol–water partition coefficient (Wildman–Crippen LogP) is 1.21. The Bertz CT molecular complexity index is 711. The van der Waals surface area contributed by atoms with E-state index in [2.05, 4.69) is 10.5 Å². The number of carbonyl (C=O) groups is 2. The number of nitrogens with one attached hydrogen (secondary N) is 1. The standard InChI is InChI=1S/C18H22N2O5/c1-4-25-17(22)15-13(10-5-7-11(24-3)8-6-10)14-12(9-18(15,2)23)19-20-16(14)21/h5-8,13-15,23H,4,9H2,1-3H3,(H,20,21)/t13-,14-,15+,18-/m1/s1. The maximum atomic E-state index is 12.6. The minimum absolute atomic E-state index is 0.145. The molecule has 25 heavy (non-hydrogen) atoms. The quantitative estimate of drug-likeness (QED) is 0.799. The van der Waals surface area contributed by atoms with Crippen LogP contribution >= 0.6 is 0 Å². The fourth-order valence-electron chi connectivity index (χ4n) is 3.84.